The predicted molar refractivity (Wildman–Crippen MR) is 127 cm³/mol. The van der Waals surface area contributed by atoms with Gasteiger partial charge in [0.05, 0.1) is 16.5 Å². The number of thiophene rings is 1. The lowest BCUT2D eigenvalue weighted by molar-refractivity contribution is -0.117. The van der Waals surface area contributed by atoms with Crippen LogP contribution >= 0.6 is 11.3 Å². The van der Waals surface area contributed by atoms with Crippen LogP contribution in [-0.2, 0) is 4.79 Å². The van der Waals surface area contributed by atoms with Gasteiger partial charge in [-0.15, -0.1) is 11.3 Å². The Balaban J connectivity index is 1.69. The molecule has 4 aromatic rings. The van der Waals surface area contributed by atoms with E-state index in [-0.39, 0.29) is 11.4 Å². The summed E-state index contributed by atoms with van der Waals surface area (Å²) in [4.78, 5) is 32.0. The van der Waals surface area contributed by atoms with Gasteiger partial charge in [0, 0.05) is 28.4 Å². The molecule has 6 heteroatoms. The maximum atomic E-state index is 13.4. The molecular weight excluding hydrogens is 420 g/mol. The number of aliphatic hydroxyl groups is 1. The van der Waals surface area contributed by atoms with Gasteiger partial charge in [-0.3, -0.25) is 14.5 Å². The molecule has 0 aliphatic carbocycles. The summed E-state index contributed by atoms with van der Waals surface area (Å²) in [5.41, 5.74) is 3.56. The first-order chi connectivity index (χ1) is 15.5. The molecule has 1 unspecified atom stereocenters. The van der Waals surface area contributed by atoms with Gasteiger partial charge in [0.2, 0.25) is 5.78 Å². The van der Waals surface area contributed by atoms with Crippen LogP contribution in [-0.4, -0.2) is 21.8 Å². The molecule has 0 saturated heterocycles. The van der Waals surface area contributed by atoms with E-state index in [1.165, 1.54) is 16.2 Å². The van der Waals surface area contributed by atoms with Crippen LogP contribution in [0.25, 0.3) is 10.9 Å². The largest absolute Gasteiger partial charge is 0.503 e. The second-order valence-corrected chi connectivity index (χ2v) is 9.13. The lowest BCUT2D eigenvalue weighted by atomic mass is 9.94. The van der Waals surface area contributed by atoms with Crippen LogP contribution in [0.15, 0.2) is 83.6 Å². The molecule has 1 amide bonds. The summed E-state index contributed by atoms with van der Waals surface area (Å²) in [5, 5.41) is 13.6. The van der Waals surface area contributed by atoms with Gasteiger partial charge in [-0.05, 0) is 41.1 Å². The highest BCUT2D eigenvalue weighted by Gasteiger charge is 2.45. The van der Waals surface area contributed by atoms with Gasteiger partial charge in [0.25, 0.3) is 5.91 Å². The number of amides is 1. The van der Waals surface area contributed by atoms with Crippen molar-refractivity contribution in [3.63, 3.8) is 0 Å². The summed E-state index contributed by atoms with van der Waals surface area (Å²) in [6.07, 6.45) is 1.82. The molecule has 0 radical (unpaired) electrons. The molecule has 32 heavy (non-hydrogen) atoms. The number of benzene rings is 2. The number of nitrogens with one attached hydrogen (secondary N) is 1. The number of ketones is 1. The number of hydrogen-bond donors (Lipinski definition) is 2. The first kappa shape index (κ1) is 20.3. The molecule has 0 spiro atoms. The number of anilines is 1. The normalized spacial score (nSPS) is 16.5. The van der Waals surface area contributed by atoms with Crippen molar-refractivity contribution in [1.82, 2.24) is 4.98 Å². The SMILES string of the molecule is CC(C)c1ccc(N2C(=O)C(O)=C(C(=O)c3cccs3)C2c2c[nH]c3ccccc23)cc1. The molecule has 160 valence electrons. The van der Waals surface area contributed by atoms with Gasteiger partial charge < -0.3 is 10.1 Å². The summed E-state index contributed by atoms with van der Waals surface area (Å²) in [7, 11) is 0. The van der Waals surface area contributed by atoms with E-state index in [1.807, 2.05) is 60.1 Å². The van der Waals surface area contributed by atoms with Gasteiger partial charge in [-0.2, -0.15) is 0 Å². The summed E-state index contributed by atoms with van der Waals surface area (Å²) in [6.45, 7) is 4.21. The van der Waals surface area contributed by atoms with Crippen molar-refractivity contribution in [2.75, 3.05) is 4.90 Å². The Hall–Kier alpha value is -3.64. The molecule has 2 N–H and O–H groups in total. The Morgan fingerprint density at radius 2 is 1.81 bits per heavy atom. The van der Waals surface area contributed by atoms with Crippen LogP contribution in [0.5, 0.6) is 0 Å². The van der Waals surface area contributed by atoms with Crippen molar-refractivity contribution in [3.05, 3.63) is 99.6 Å². The minimum atomic E-state index is -0.738. The van der Waals surface area contributed by atoms with E-state index in [4.69, 9.17) is 0 Å². The van der Waals surface area contributed by atoms with Crippen molar-refractivity contribution in [3.8, 4) is 0 Å². The summed E-state index contributed by atoms with van der Waals surface area (Å²) in [5.74, 6) is -1.04. The Kier molecular flexibility index (Phi) is 4.94. The molecule has 1 atom stereocenters. The average Bonchev–Trinajstić information content (AvgIpc) is 3.53. The number of carbonyl (C=O) groups excluding carboxylic acids is 2. The van der Waals surface area contributed by atoms with Gasteiger partial charge in [-0.1, -0.05) is 50.2 Å². The van der Waals surface area contributed by atoms with Crippen LogP contribution in [0.1, 0.15) is 46.6 Å². The van der Waals surface area contributed by atoms with Crippen LogP contribution in [0, 0.1) is 0 Å². The van der Waals surface area contributed by atoms with Crippen LogP contribution in [0.4, 0.5) is 5.69 Å². The average molecular weight is 443 g/mol. The van der Waals surface area contributed by atoms with E-state index < -0.39 is 17.7 Å². The van der Waals surface area contributed by atoms with E-state index in [0.29, 0.717) is 16.5 Å². The fraction of sp³-hybridized carbons (Fsp3) is 0.154. The van der Waals surface area contributed by atoms with E-state index in [2.05, 4.69) is 18.8 Å². The van der Waals surface area contributed by atoms with Crippen LogP contribution in [0.2, 0.25) is 0 Å². The second-order valence-electron chi connectivity index (χ2n) is 8.18. The molecule has 5 rings (SSSR count). The highest BCUT2D eigenvalue weighted by Crippen LogP contribution is 2.44. The van der Waals surface area contributed by atoms with Gasteiger partial charge >= 0.3 is 0 Å². The molecule has 2 aromatic heterocycles. The quantitative estimate of drug-likeness (QED) is 0.365. The lowest BCUT2D eigenvalue weighted by Crippen LogP contribution is -2.30. The Morgan fingerprint density at radius 3 is 2.50 bits per heavy atom. The second kappa shape index (κ2) is 7.80. The first-order valence-corrected chi connectivity index (χ1v) is 11.4. The molecule has 1 aliphatic rings. The van der Waals surface area contributed by atoms with Crippen molar-refractivity contribution in [1.29, 1.82) is 0 Å². The smallest absolute Gasteiger partial charge is 0.294 e. The topological polar surface area (TPSA) is 73.4 Å². The van der Waals surface area contributed by atoms with Crippen LogP contribution < -0.4 is 4.90 Å². The van der Waals surface area contributed by atoms with E-state index >= 15 is 0 Å². The Morgan fingerprint density at radius 1 is 1.06 bits per heavy atom. The molecule has 3 heterocycles. The minimum absolute atomic E-state index is 0.107. The molecule has 5 nitrogen and oxygen atoms in total. The Bertz CT molecular complexity index is 1350. The predicted octanol–water partition coefficient (Wildman–Crippen LogP) is 6.14. The molecule has 1 aliphatic heterocycles. The van der Waals surface area contributed by atoms with Crippen molar-refractivity contribution in [2.24, 2.45) is 0 Å². The third-order valence-corrected chi connectivity index (χ3v) is 6.82. The third-order valence-electron chi connectivity index (χ3n) is 5.95. The maximum Gasteiger partial charge on any atom is 0.294 e. The highest BCUT2D eigenvalue weighted by molar-refractivity contribution is 7.12. The molecular formula is C26H22N2O3S. The monoisotopic (exact) mass is 442 g/mol. The van der Waals surface area contributed by atoms with Gasteiger partial charge in [-0.25, -0.2) is 0 Å². The summed E-state index contributed by atoms with van der Waals surface area (Å²) < 4.78 is 0. The molecule has 0 fully saturated rings. The molecule has 0 bridgehead atoms. The number of aliphatic hydroxyl groups excluding tert-OH is 1. The van der Waals surface area contributed by atoms with Crippen LogP contribution in [0.3, 0.4) is 0 Å². The molecule has 0 saturated carbocycles. The minimum Gasteiger partial charge on any atom is -0.503 e. The number of hydrogen-bond acceptors (Lipinski definition) is 4. The number of Topliss-reactive ketones (excluding diaryl/α,β-unsaturated/α-hetero) is 1. The number of aromatic nitrogens is 1. The number of H-pyrrole nitrogens is 1. The Labute approximate surface area is 189 Å². The summed E-state index contributed by atoms with van der Waals surface area (Å²) >= 11 is 1.29. The van der Waals surface area contributed by atoms with E-state index in [1.54, 1.807) is 12.1 Å². The molecule has 2 aromatic carbocycles. The fourth-order valence-electron chi connectivity index (χ4n) is 4.28. The zero-order valence-corrected chi connectivity index (χ0v) is 18.5. The first-order valence-electron chi connectivity index (χ1n) is 10.5. The van der Waals surface area contributed by atoms with Crippen molar-refractivity contribution in [2.45, 2.75) is 25.8 Å². The van der Waals surface area contributed by atoms with E-state index in [9.17, 15) is 14.7 Å². The maximum absolute atomic E-state index is 13.4. The fourth-order valence-corrected chi connectivity index (χ4v) is 4.96. The van der Waals surface area contributed by atoms with Gasteiger partial charge in [0.1, 0.15) is 0 Å². The zero-order valence-electron chi connectivity index (χ0n) is 17.7. The zero-order chi connectivity index (χ0) is 22.4. The number of fused-ring (bicyclic) bond motifs is 1. The van der Waals surface area contributed by atoms with Crippen molar-refractivity contribution >= 4 is 39.6 Å². The number of rotatable bonds is 5. The van der Waals surface area contributed by atoms with Crippen molar-refractivity contribution < 1.29 is 14.7 Å². The number of carbonyl (C=O) groups is 2. The lowest BCUT2D eigenvalue weighted by Gasteiger charge is -2.26. The van der Waals surface area contributed by atoms with E-state index in [0.717, 1.165) is 22.0 Å². The van der Waals surface area contributed by atoms with Gasteiger partial charge in [0.15, 0.2) is 5.76 Å². The third kappa shape index (κ3) is 3.15. The number of nitrogens with zero attached hydrogens (tertiary/aromatic N) is 1. The number of aromatic amines is 1. The highest BCUT2D eigenvalue weighted by atomic mass is 32.1. The standard InChI is InChI=1S/C26H22N2O3S/c1-15(2)16-9-11-17(12-10-16)28-23(19-14-27-20-7-4-3-6-18(19)20)22(25(30)26(28)31)24(29)21-8-5-13-32-21/h3-15,23,27,30H,1-2H3. The number of para-hydroxylation sites is 1. The summed E-state index contributed by atoms with van der Waals surface area (Å²) in [6, 6.07) is 18.2.